The summed E-state index contributed by atoms with van der Waals surface area (Å²) in [6.45, 7) is 7.24. The first-order chi connectivity index (χ1) is 12.0. The van der Waals surface area contributed by atoms with Crippen molar-refractivity contribution in [2.45, 2.75) is 26.8 Å². The normalized spacial score (nSPS) is 18.0. The molecule has 130 valence electrons. The van der Waals surface area contributed by atoms with E-state index in [9.17, 15) is 4.79 Å². The molecule has 1 saturated heterocycles. The van der Waals surface area contributed by atoms with E-state index in [1.54, 1.807) is 21.7 Å². The molecule has 3 aromatic heterocycles. The summed E-state index contributed by atoms with van der Waals surface area (Å²) in [4.78, 5) is 26.9. The zero-order chi connectivity index (χ0) is 17.6. The number of nitrogens with zero attached hydrogens (tertiary/aromatic N) is 5. The number of aromatic nitrogens is 5. The lowest BCUT2D eigenvalue weighted by Gasteiger charge is -2.33. The van der Waals surface area contributed by atoms with Crippen molar-refractivity contribution in [1.29, 1.82) is 0 Å². The summed E-state index contributed by atoms with van der Waals surface area (Å²) in [5, 5.41) is 4.45. The minimum atomic E-state index is -0.240. The molecule has 1 aliphatic rings. The van der Waals surface area contributed by atoms with Gasteiger partial charge in [0.05, 0.1) is 13.2 Å². The molecule has 1 N–H and O–H groups in total. The highest BCUT2D eigenvalue weighted by molar-refractivity contribution is 5.93. The Balaban J connectivity index is 1.70. The van der Waals surface area contributed by atoms with Gasteiger partial charge in [0, 0.05) is 35.9 Å². The zero-order valence-electron chi connectivity index (χ0n) is 14.5. The lowest BCUT2D eigenvalue weighted by Crippen LogP contribution is -2.44. The van der Waals surface area contributed by atoms with E-state index in [2.05, 4.69) is 20.1 Å². The highest BCUT2D eigenvalue weighted by Gasteiger charge is 2.32. The van der Waals surface area contributed by atoms with Gasteiger partial charge in [-0.25, -0.2) is 14.5 Å². The molecular formula is C17H20N6O2. The average molecular weight is 340 g/mol. The smallest absolute Gasteiger partial charge is 0.275 e. The number of nitrogens with one attached hydrogen (secondary N) is 1. The summed E-state index contributed by atoms with van der Waals surface area (Å²) in [7, 11) is 0. The lowest BCUT2D eigenvalue weighted by molar-refractivity contribution is -0.00533. The number of carbonyl (C=O) groups excluding carboxylic acids is 1. The maximum absolute atomic E-state index is 13.1. The molecule has 4 rings (SSSR count). The van der Waals surface area contributed by atoms with Gasteiger partial charge in [-0.2, -0.15) is 5.10 Å². The van der Waals surface area contributed by atoms with Crippen molar-refractivity contribution in [1.82, 2.24) is 29.5 Å². The van der Waals surface area contributed by atoms with Crippen LogP contribution in [-0.4, -0.2) is 55.1 Å². The van der Waals surface area contributed by atoms with Crippen LogP contribution in [-0.2, 0) is 4.74 Å². The molecule has 4 heterocycles. The molecule has 8 nitrogen and oxygen atoms in total. The minimum absolute atomic E-state index is 0.134. The first-order valence-corrected chi connectivity index (χ1v) is 8.27. The van der Waals surface area contributed by atoms with Crippen molar-refractivity contribution < 1.29 is 9.53 Å². The number of hydrogen-bond acceptors (Lipinski definition) is 5. The van der Waals surface area contributed by atoms with Crippen LogP contribution in [0.2, 0.25) is 0 Å². The summed E-state index contributed by atoms with van der Waals surface area (Å²) in [5.74, 6) is 0.601. The van der Waals surface area contributed by atoms with Gasteiger partial charge in [-0.05, 0) is 26.8 Å². The van der Waals surface area contributed by atoms with Crippen LogP contribution in [0.3, 0.4) is 0 Å². The molecule has 0 saturated carbocycles. The molecule has 1 amide bonds. The fourth-order valence-corrected chi connectivity index (χ4v) is 3.21. The Kier molecular flexibility index (Phi) is 3.76. The number of carbonyl (C=O) groups is 1. The largest absolute Gasteiger partial charge is 0.377 e. The van der Waals surface area contributed by atoms with Crippen LogP contribution < -0.4 is 0 Å². The Morgan fingerprint density at radius 1 is 1.32 bits per heavy atom. The number of H-pyrrole nitrogens is 1. The second kappa shape index (κ2) is 5.96. The van der Waals surface area contributed by atoms with Gasteiger partial charge >= 0.3 is 0 Å². The van der Waals surface area contributed by atoms with Crippen molar-refractivity contribution in [3.05, 3.63) is 46.9 Å². The van der Waals surface area contributed by atoms with Crippen LogP contribution in [0.25, 0.3) is 5.65 Å². The fourth-order valence-electron chi connectivity index (χ4n) is 3.21. The molecular weight excluding hydrogens is 320 g/mol. The van der Waals surface area contributed by atoms with E-state index < -0.39 is 0 Å². The Bertz CT molecular complexity index is 944. The maximum Gasteiger partial charge on any atom is 0.275 e. The van der Waals surface area contributed by atoms with E-state index in [-0.39, 0.29) is 11.9 Å². The zero-order valence-corrected chi connectivity index (χ0v) is 14.5. The number of rotatable bonds is 2. The van der Waals surface area contributed by atoms with Crippen molar-refractivity contribution in [3.63, 3.8) is 0 Å². The number of fused-ring (bicyclic) bond motifs is 1. The third kappa shape index (κ3) is 2.78. The first-order valence-electron chi connectivity index (χ1n) is 8.27. The van der Waals surface area contributed by atoms with Gasteiger partial charge in [0.15, 0.2) is 11.3 Å². The molecule has 0 unspecified atom stereocenters. The number of ether oxygens (including phenoxy) is 1. The molecule has 3 aromatic rings. The van der Waals surface area contributed by atoms with Gasteiger partial charge < -0.3 is 14.6 Å². The van der Waals surface area contributed by atoms with E-state index >= 15 is 0 Å². The quantitative estimate of drug-likeness (QED) is 0.765. The van der Waals surface area contributed by atoms with Crippen molar-refractivity contribution >= 4 is 11.6 Å². The summed E-state index contributed by atoms with van der Waals surface area (Å²) >= 11 is 0. The van der Waals surface area contributed by atoms with Crippen LogP contribution >= 0.6 is 0 Å². The van der Waals surface area contributed by atoms with Crippen molar-refractivity contribution in [3.8, 4) is 0 Å². The Morgan fingerprint density at radius 2 is 2.16 bits per heavy atom. The maximum atomic E-state index is 13.1. The number of imidazole rings is 1. The van der Waals surface area contributed by atoms with Crippen LogP contribution in [0.5, 0.6) is 0 Å². The number of aromatic amines is 1. The predicted molar refractivity (Wildman–Crippen MR) is 90.4 cm³/mol. The molecule has 8 heteroatoms. The number of aryl methyl sites for hydroxylation is 3. The molecule has 0 radical (unpaired) electrons. The van der Waals surface area contributed by atoms with Crippen molar-refractivity contribution in [2.24, 2.45) is 0 Å². The molecule has 0 spiro atoms. The second-order valence-corrected chi connectivity index (χ2v) is 6.38. The van der Waals surface area contributed by atoms with E-state index in [4.69, 9.17) is 4.74 Å². The van der Waals surface area contributed by atoms with Gasteiger partial charge in [-0.3, -0.25) is 4.79 Å². The van der Waals surface area contributed by atoms with E-state index in [1.165, 1.54) is 0 Å². The molecule has 0 bridgehead atoms. The Morgan fingerprint density at radius 3 is 2.92 bits per heavy atom. The Hall–Kier alpha value is -2.74. The second-order valence-electron chi connectivity index (χ2n) is 6.38. The molecule has 1 aliphatic heterocycles. The highest BCUT2D eigenvalue weighted by Crippen LogP contribution is 2.24. The van der Waals surface area contributed by atoms with Gasteiger partial charge in [-0.1, -0.05) is 0 Å². The van der Waals surface area contributed by atoms with Gasteiger partial charge in [0.25, 0.3) is 5.91 Å². The molecule has 0 aliphatic carbocycles. The fraction of sp³-hybridized carbons (Fsp3) is 0.412. The number of hydrogen-bond donors (Lipinski definition) is 1. The molecule has 1 atom stereocenters. The van der Waals surface area contributed by atoms with Gasteiger partial charge in [0.2, 0.25) is 0 Å². The average Bonchev–Trinajstić information content (AvgIpc) is 3.20. The first kappa shape index (κ1) is 15.8. The predicted octanol–water partition coefficient (Wildman–Crippen LogP) is 1.59. The van der Waals surface area contributed by atoms with Gasteiger partial charge in [-0.15, -0.1) is 0 Å². The molecule has 1 fully saturated rings. The lowest BCUT2D eigenvalue weighted by atomic mass is 10.2. The third-order valence-electron chi connectivity index (χ3n) is 4.38. The summed E-state index contributed by atoms with van der Waals surface area (Å²) in [5.41, 5.74) is 3.87. The third-order valence-corrected chi connectivity index (χ3v) is 4.38. The highest BCUT2D eigenvalue weighted by atomic mass is 16.5. The Labute approximate surface area is 144 Å². The monoisotopic (exact) mass is 340 g/mol. The summed E-state index contributed by atoms with van der Waals surface area (Å²) in [6, 6.07) is 3.44. The van der Waals surface area contributed by atoms with E-state index in [0.717, 1.165) is 22.9 Å². The summed E-state index contributed by atoms with van der Waals surface area (Å²) < 4.78 is 7.27. The molecule has 25 heavy (non-hydrogen) atoms. The van der Waals surface area contributed by atoms with Crippen LogP contribution in [0.1, 0.15) is 39.4 Å². The van der Waals surface area contributed by atoms with Gasteiger partial charge in [0.1, 0.15) is 11.9 Å². The number of morpholine rings is 1. The minimum Gasteiger partial charge on any atom is -0.377 e. The van der Waals surface area contributed by atoms with Crippen LogP contribution in [0, 0.1) is 20.8 Å². The SMILES string of the molecule is Cc1cc(C)n2nc(C(=O)N3CCOC[C@H]3c3ncc(C)[nH]3)cc2n1. The van der Waals surface area contributed by atoms with Crippen LogP contribution in [0.4, 0.5) is 0 Å². The standard InChI is InChI=1S/C17H20N6O2/c1-10-6-12(3)23-15(19-10)7-13(21-23)17(24)22-4-5-25-9-14(22)16-18-8-11(2)20-16/h6-8,14H,4-5,9H2,1-3H3,(H,18,20)/t14-/m0/s1. The van der Waals surface area contributed by atoms with Crippen molar-refractivity contribution in [2.75, 3.05) is 19.8 Å². The topological polar surface area (TPSA) is 88.4 Å². The van der Waals surface area contributed by atoms with E-state index in [0.29, 0.717) is 31.1 Å². The number of amides is 1. The summed E-state index contributed by atoms with van der Waals surface area (Å²) in [6.07, 6.45) is 1.76. The molecule has 0 aromatic carbocycles. The van der Waals surface area contributed by atoms with Crippen LogP contribution in [0.15, 0.2) is 18.3 Å². The van der Waals surface area contributed by atoms with E-state index in [1.807, 2.05) is 26.8 Å².